The Balaban J connectivity index is 1.91. The average molecular weight is 211 g/mol. The Hall–Kier alpha value is -0.380. The highest BCUT2D eigenvalue weighted by Crippen LogP contribution is 2.39. The van der Waals surface area contributed by atoms with Gasteiger partial charge in [0.15, 0.2) is 0 Å². The van der Waals surface area contributed by atoms with Gasteiger partial charge in [-0.05, 0) is 32.7 Å². The molecule has 1 unspecified atom stereocenters. The van der Waals surface area contributed by atoms with Gasteiger partial charge in [-0.15, -0.1) is 6.58 Å². The van der Waals surface area contributed by atoms with Crippen LogP contribution in [0.4, 0.5) is 0 Å². The minimum atomic E-state index is -0.596. The summed E-state index contributed by atoms with van der Waals surface area (Å²) < 4.78 is 5.40. The Bertz CT molecular complexity index is 228. The van der Waals surface area contributed by atoms with Crippen LogP contribution in [0.2, 0.25) is 0 Å². The Labute approximate surface area is 91.7 Å². The van der Waals surface area contributed by atoms with Gasteiger partial charge < -0.3 is 14.7 Å². The van der Waals surface area contributed by atoms with Gasteiger partial charge in [0, 0.05) is 12.1 Å². The van der Waals surface area contributed by atoms with Crippen molar-refractivity contribution in [3.05, 3.63) is 12.7 Å². The molecule has 3 heteroatoms. The highest BCUT2D eigenvalue weighted by molar-refractivity contribution is 5.00. The molecular formula is C12H21NO2. The summed E-state index contributed by atoms with van der Waals surface area (Å²) in [6, 6.07) is 1.11. The lowest BCUT2D eigenvalue weighted by atomic mass is 9.87. The molecule has 0 amide bonds. The molecule has 2 fully saturated rings. The summed E-state index contributed by atoms with van der Waals surface area (Å²) in [4.78, 5) is 2.42. The second-order valence-corrected chi connectivity index (χ2v) is 4.99. The lowest BCUT2D eigenvalue weighted by Gasteiger charge is -2.41. The molecule has 3 nitrogen and oxygen atoms in total. The van der Waals surface area contributed by atoms with Crippen molar-refractivity contribution < 1.29 is 9.84 Å². The molecule has 15 heavy (non-hydrogen) atoms. The average Bonchev–Trinajstić information content (AvgIpc) is 2.44. The van der Waals surface area contributed by atoms with Crippen LogP contribution in [0.3, 0.4) is 0 Å². The summed E-state index contributed by atoms with van der Waals surface area (Å²) in [5.41, 5.74) is -0.596. The fourth-order valence-corrected chi connectivity index (χ4v) is 2.99. The molecule has 2 rings (SSSR count). The zero-order chi connectivity index (χ0) is 10.9. The van der Waals surface area contributed by atoms with E-state index in [1.807, 2.05) is 0 Å². The van der Waals surface area contributed by atoms with Crippen LogP contribution in [-0.2, 0) is 4.74 Å². The first-order chi connectivity index (χ1) is 7.14. The van der Waals surface area contributed by atoms with Crippen LogP contribution in [0.25, 0.3) is 0 Å². The van der Waals surface area contributed by atoms with Gasteiger partial charge in [-0.25, -0.2) is 0 Å². The van der Waals surface area contributed by atoms with Crippen molar-refractivity contribution in [2.45, 2.75) is 43.4 Å². The number of ether oxygens (including phenoxy) is 1. The highest BCUT2D eigenvalue weighted by atomic mass is 16.5. The first-order valence-corrected chi connectivity index (χ1v) is 5.77. The van der Waals surface area contributed by atoms with Gasteiger partial charge in [0.25, 0.3) is 0 Å². The molecule has 3 atom stereocenters. The minimum Gasteiger partial charge on any atom is -0.387 e. The quantitative estimate of drug-likeness (QED) is 0.560. The van der Waals surface area contributed by atoms with E-state index in [1.165, 1.54) is 12.8 Å². The van der Waals surface area contributed by atoms with Crippen LogP contribution in [0.5, 0.6) is 0 Å². The topological polar surface area (TPSA) is 32.7 Å². The fraction of sp³-hybridized carbons (Fsp3) is 0.833. The van der Waals surface area contributed by atoms with Gasteiger partial charge in [0.2, 0.25) is 0 Å². The molecule has 0 aromatic heterocycles. The van der Waals surface area contributed by atoms with Gasteiger partial charge in [-0.3, -0.25) is 0 Å². The van der Waals surface area contributed by atoms with E-state index in [2.05, 4.69) is 18.5 Å². The summed E-state index contributed by atoms with van der Waals surface area (Å²) in [6.45, 7) is 4.60. The Morgan fingerprint density at radius 3 is 2.60 bits per heavy atom. The molecule has 2 saturated heterocycles. The minimum absolute atomic E-state index is 0.458. The van der Waals surface area contributed by atoms with Crippen molar-refractivity contribution in [1.29, 1.82) is 0 Å². The first-order valence-electron chi connectivity index (χ1n) is 5.77. The third-order valence-corrected chi connectivity index (χ3v) is 3.82. The zero-order valence-corrected chi connectivity index (χ0v) is 9.48. The van der Waals surface area contributed by atoms with Crippen molar-refractivity contribution in [3.8, 4) is 0 Å². The van der Waals surface area contributed by atoms with E-state index in [1.54, 1.807) is 6.08 Å². The molecule has 0 spiro atoms. The summed E-state index contributed by atoms with van der Waals surface area (Å²) >= 11 is 0. The monoisotopic (exact) mass is 211 g/mol. The van der Waals surface area contributed by atoms with Crippen molar-refractivity contribution >= 4 is 0 Å². The van der Waals surface area contributed by atoms with E-state index in [4.69, 9.17) is 4.74 Å². The van der Waals surface area contributed by atoms with E-state index in [0.29, 0.717) is 25.3 Å². The van der Waals surface area contributed by atoms with Crippen LogP contribution in [0.15, 0.2) is 12.7 Å². The smallest absolute Gasteiger partial charge is 0.0910 e. The first kappa shape index (κ1) is 11.1. The van der Waals surface area contributed by atoms with Crippen LogP contribution < -0.4 is 0 Å². The van der Waals surface area contributed by atoms with Gasteiger partial charge in [-0.1, -0.05) is 6.08 Å². The van der Waals surface area contributed by atoms with E-state index in [-0.39, 0.29) is 0 Å². The number of hydrogen-bond acceptors (Lipinski definition) is 3. The van der Waals surface area contributed by atoms with Gasteiger partial charge in [0.1, 0.15) is 0 Å². The molecule has 0 aliphatic carbocycles. The molecule has 2 bridgehead atoms. The lowest BCUT2D eigenvalue weighted by Crippen LogP contribution is -2.51. The molecule has 86 valence electrons. The Morgan fingerprint density at radius 2 is 2.07 bits per heavy atom. The highest BCUT2D eigenvalue weighted by Gasteiger charge is 2.45. The van der Waals surface area contributed by atoms with Gasteiger partial charge >= 0.3 is 0 Å². The molecule has 2 aliphatic rings. The molecule has 0 saturated carbocycles. The fourth-order valence-electron chi connectivity index (χ4n) is 2.99. The molecule has 0 aromatic rings. The predicted octanol–water partition coefficient (Wildman–Crippen LogP) is 1.18. The maximum Gasteiger partial charge on any atom is 0.0910 e. The van der Waals surface area contributed by atoms with E-state index in [0.717, 1.165) is 12.8 Å². The van der Waals surface area contributed by atoms with Gasteiger partial charge in [0.05, 0.1) is 18.8 Å². The number of hydrogen-bond donors (Lipinski definition) is 1. The summed E-state index contributed by atoms with van der Waals surface area (Å²) in [7, 11) is 2.17. The standard InChI is InChI=1S/C12H21NO2/c1-3-6-15-9-12(14)7-10-4-5-11(8-12)13(10)2/h3,10-11,14H,1,4-9H2,2H3/t10-,11?,12+/m1/s1. The maximum atomic E-state index is 10.4. The van der Waals surface area contributed by atoms with Gasteiger partial charge in [-0.2, -0.15) is 0 Å². The van der Waals surface area contributed by atoms with Crippen molar-refractivity contribution in [3.63, 3.8) is 0 Å². The van der Waals surface area contributed by atoms with Crippen molar-refractivity contribution in [2.24, 2.45) is 0 Å². The SMILES string of the molecule is C=CCOC[C@@]1(O)CC2CC[C@H](C1)N2C. The maximum absolute atomic E-state index is 10.4. The summed E-state index contributed by atoms with van der Waals surface area (Å²) in [5.74, 6) is 0. The molecule has 0 aromatic carbocycles. The second-order valence-electron chi connectivity index (χ2n) is 4.99. The number of aliphatic hydroxyl groups is 1. The molecule has 1 N–H and O–H groups in total. The lowest BCUT2D eigenvalue weighted by molar-refractivity contribution is -0.0925. The zero-order valence-electron chi connectivity index (χ0n) is 9.48. The second kappa shape index (κ2) is 4.24. The molecular weight excluding hydrogens is 190 g/mol. The summed E-state index contributed by atoms with van der Waals surface area (Å²) in [6.07, 6.45) is 5.90. The number of piperidine rings is 1. The van der Waals surface area contributed by atoms with Crippen LogP contribution in [0.1, 0.15) is 25.7 Å². The van der Waals surface area contributed by atoms with Crippen molar-refractivity contribution in [2.75, 3.05) is 20.3 Å². The Morgan fingerprint density at radius 1 is 1.47 bits per heavy atom. The predicted molar refractivity (Wildman–Crippen MR) is 59.8 cm³/mol. The van der Waals surface area contributed by atoms with E-state index < -0.39 is 5.60 Å². The largest absolute Gasteiger partial charge is 0.387 e. The molecule has 2 heterocycles. The number of fused-ring (bicyclic) bond motifs is 2. The van der Waals surface area contributed by atoms with Crippen LogP contribution in [-0.4, -0.2) is 48.0 Å². The summed E-state index contributed by atoms with van der Waals surface area (Å²) in [5, 5.41) is 10.4. The van der Waals surface area contributed by atoms with E-state index in [9.17, 15) is 5.11 Å². The van der Waals surface area contributed by atoms with E-state index >= 15 is 0 Å². The number of rotatable bonds is 4. The molecule has 2 aliphatic heterocycles. The third-order valence-electron chi connectivity index (χ3n) is 3.82. The number of nitrogens with zero attached hydrogens (tertiary/aromatic N) is 1. The normalized spacial score (nSPS) is 40.7. The molecule has 0 radical (unpaired) electrons. The third kappa shape index (κ3) is 2.25. The Kier molecular flexibility index (Phi) is 3.14. The van der Waals surface area contributed by atoms with Crippen LogP contribution in [0, 0.1) is 0 Å². The van der Waals surface area contributed by atoms with Crippen LogP contribution >= 0.6 is 0 Å². The van der Waals surface area contributed by atoms with Crippen molar-refractivity contribution in [1.82, 2.24) is 4.90 Å².